The highest BCUT2D eigenvalue weighted by Gasteiger charge is 2.31. The first kappa shape index (κ1) is 26.9. The van der Waals surface area contributed by atoms with Crippen molar-refractivity contribution in [3.05, 3.63) is 70.6 Å². The first-order valence-corrected chi connectivity index (χ1v) is 13.7. The number of thioether (sulfide) groups is 1. The van der Waals surface area contributed by atoms with Gasteiger partial charge in [-0.25, -0.2) is 4.79 Å². The van der Waals surface area contributed by atoms with E-state index in [1.54, 1.807) is 35.2 Å². The molecule has 2 aliphatic heterocycles. The lowest BCUT2D eigenvalue weighted by molar-refractivity contribution is -0.131. The van der Waals surface area contributed by atoms with E-state index in [0.717, 1.165) is 51.0 Å². The molecule has 0 spiro atoms. The van der Waals surface area contributed by atoms with Crippen molar-refractivity contribution >= 4 is 57.8 Å². The fourth-order valence-electron chi connectivity index (χ4n) is 4.41. The third-order valence-electron chi connectivity index (χ3n) is 6.53. The molecule has 7 nitrogen and oxygen atoms in total. The standard InChI is InChI=1S/C28H31N3O4S2/c1-35-27(34)22-13-11-21(12-14-22)20-24-26(33)31(28(36)37-24)15-7-3-6-10-25(32)30-18-16-29(17-19-30)23-8-4-2-5-9-23/h2,4-5,8-9,11-14,20H,3,6-7,10,15-19H2,1H3/b24-20-. The minimum atomic E-state index is -0.398. The Morgan fingerprint density at radius 1 is 0.973 bits per heavy atom. The number of hydrogen-bond acceptors (Lipinski definition) is 7. The molecule has 194 valence electrons. The predicted molar refractivity (Wildman–Crippen MR) is 151 cm³/mol. The summed E-state index contributed by atoms with van der Waals surface area (Å²) in [7, 11) is 1.34. The molecule has 4 rings (SSSR count). The number of unbranched alkanes of at least 4 members (excludes halogenated alkanes) is 2. The van der Waals surface area contributed by atoms with Crippen LogP contribution in [-0.2, 0) is 14.3 Å². The average molecular weight is 538 g/mol. The van der Waals surface area contributed by atoms with Crippen LogP contribution in [0.1, 0.15) is 41.6 Å². The van der Waals surface area contributed by atoms with Crippen LogP contribution >= 0.6 is 24.0 Å². The van der Waals surface area contributed by atoms with Gasteiger partial charge in [0.25, 0.3) is 5.91 Å². The molecule has 2 heterocycles. The molecule has 0 aromatic heterocycles. The number of esters is 1. The van der Waals surface area contributed by atoms with Crippen molar-refractivity contribution in [2.45, 2.75) is 25.7 Å². The molecule has 2 aromatic rings. The van der Waals surface area contributed by atoms with Gasteiger partial charge in [0.15, 0.2) is 0 Å². The van der Waals surface area contributed by atoms with Crippen LogP contribution in [0, 0.1) is 0 Å². The smallest absolute Gasteiger partial charge is 0.337 e. The van der Waals surface area contributed by atoms with Gasteiger partial charge >= 0.3 is 5.97 Å². The van der Waals surface area contributed by atoms with Gasteiger partial charge in [-0.2, -0.15) is 0 Å². The molecule has 2 fully saturated rings. The van der Waals surface area contributed by atoms with Gasteiger partial charge in [-0.3, -0.25) is 14.5 Å². The summed E-state index contributed by atoms with van der Waals surface area (Å²) in [6.45, 7) is 3.76. The van der Waals surface area contributed by atoms with E-state index < -0.39 is 5.97 Å². The Bertz CT molecular complexity index is 1160. The molecule has 2 aromatic carbocycles. The fourth-order valence-corrected chi connectivity index (χ4v) is 5.72. The molecule has 0 atom stereocenters. The number of rotatable bonds is 9. The highest BCUT2D eigenvalue weighted by molar-refractivity contribution is 8.26. The number of amides is 2. The summed E-state index contributed by atoms with van der Waals surface area (Å²) < 4.78 is 5.26. The number of para-hydroxylation sites is 1. The molecular weight excluding hydrogens is 506 g/mol. The van der Waals surface area contributed by atoms with Crippen LogP contribution in [0.25, 0.3) is 6.08 Å². The van der Waals surface area contributed by atoms with Crippen molar-refractivity contribution in [3.63, 3.8) is 0 Å². The second kappa shape index (κ2) is 12.9. The van der Waals surface area contributed by atoms with E-state index in [1.165, 1.54) is 24.6 Å². The molecule has 37 heavy (non-hydrogen) atoms. The summed E-state index contributed by atoms with van der Waals surface area (Å²) in [5, 5.41) is 0. The van der Waals surface area contributed by atoms with Crippen molar-refractivity contribution in [1.82, 2.24) is 9.80 Å². The van der Waals surface area contributed by atoms with Gasteiger partial charge in [0.05, 0.1) is 17.6 Å². The minimum absolute atomic E-state index is 0.0978. The summed E-state index contributed by atoms with van der Waals surface area (Å²) in [5.74, 6) is -0.288. The average Bonchev–Trinajstić information content (AvgIpc) is 3.20. The first-order valence-electron chi connectivity index (χ1n) is 12.5. The largest absolute Gasteiger partial charge is 0.465 e. The Kier molecular flexibility index (Phi) is 9.35. The maximum absolute atomic E-state index is 12.9. The molecule has 0 unspecified atom stereocenters. The lowest BCUT2D eigenvalue weighted by Crippen LogP contribution is -2.48. The predicted octanol–water partition coefficient (Wildman–Crippen LogP) is 4.58. The topological polar surface area (TPSA) is 70.2 Å². The molecule has 0 radical (unpaired) electrons. The van der Waals surface area contributed by atoms with Gasteiger partial charge in [0, 0.05) is 44.8 Å². The molecule has 2 aliphatic rings. The minimum Gasteiger partial charge on any atom is -0.465 e. The maximum atomic E-state index is 12.9. The van der Waals surface area contributed by atoms with E-state index in [1.807, 2.05) is 23.1 Å². The van der Waals surface area contributed by atoms with Gasteiger partial charge in [-0.15, -0.1) is 0 Å². The van der Waals surface area contributed by atoms with E-state index in [4.69, 9.17) is 17.0 Å². The van der Waals surface area contributed by atoms with Crippen LogP contribution in [-0.4, -0.2) is 71.7 Å². The van der Waals surface area contributed by atoms with Crippen LogP contribution in [0.15, 0.2) is 59.5 Å². The maximum Gasteiger partial charge on any atom is 0.337 e. The summed E-state index contributed by atoms with van der Waals surface area (Å²) in [4.78, 5) is 43.6. The zero-order valence-corrected chi connectivity index (χ0v) is 22.6. The molecular formula is C28H31N3O4S2. The molecule has 0 bridgehead atoms. The van der Waals surface area contributed by atoms with E-state index >= 15 is 0 Å². The number of methoxy groups -OCH3 is 1. The Balaban J connectivity index is 1.17. The van der Waals surface area contributed by atoms with Crippen LogP contribution in [0.4, 0.5) is 5.69 Å². The number of carbonyl (C=O) groups is 3. The highest BCUT2D eigenvalue weighted by Crippen LogP contribution is 2.33. The number of hydrogen-bond donors (Lipinski definition) is 0. The van der Waals surface area contributed by atoms with E-state index in [0.29, 0.717) is 27.8 Å². The number of benzene rings is 2. The number of anilines is 1. The molecule has 2 saturated heterocycles. The third kappa shape index (κ3) is 6.99. The van der Waals surface area contributed by atoms with E-state index in [-0.39, 0.29) is 11.8 Å². The first-order chi connectivity index (χ1) is 18.0. The molecule has 0 N–H and O–H groups in total. The van der Waals surface area contributed by atoms with Crippen molar-refractivity contribution < 1.29 is 19.1 Å². The zero-order valence-electron chi connectivity index (χ0n) is 20.9. The molecule has 2 amide bonds. The lowest BCUT2D eigenvalue weighted by atomic mass is 10.1. The van der Waals surface area contributed by atoms with Crippen LogP contribution < -0.4 is 4.90 Å². The number of piperazine rings is 1. The fraction of sp³-hybridized carbons (Fsp3) is 0.357. The third-order valence-corrected chi connectivity index (χ3v) is 7.91. The Labute approximate surface area is 227 Å². The molecule has 0 aliphatic carbocycles. The van der Waals surface area contributed by atoms with Crippen LogP contribution in [0.2, 0.25) is 0 Å². The summed E-state index contributed by atoms with van der Waals surface area (Å²) in [5.41, 5.74) is 2.48. The van der Waals surface area contributed by atoms with Gasteiger partial charge in [-0.1, -0.05) is 60.7 Å². The van der Waals surface area contributed by atoms with Crippen molar-refractivity contribution in [3.8, 4) is 0 Å². The second-order valence-electron chi connectivity index (χ2n) is 8.96. The van der Waals surface area contributed by atoms with Crippen molar-refractivity contribution in [1.29, 1.82) is 0 Å². The van der Waals surface area contributed by atoms with E-state index in [2.05, 4.69) is 17.0 Å². The zero-order chi connectivity index (χ0) is 26.2. The van der Waals surface area contributed by atoms with Crippen molar-refractivity contribution in [2.75, 3.05) is 44.7 Å². The number of nitrogens with zero attached hydrogens (tertiary/aromatic N) is 3. The monoisotopic (exact) mass is 537 g/mol. The van der Waals surface area contributed by atoms with Gasteiger partial charge in [0.2, 0.25) is 5.91 Å². The quantitative estimate of drug-likeness (QED) is 0.201. The molecule has 9 heteroatoms. The van der Waals surface area contributed by atoms with Crippen molar-refractivity contribution in [2.24, 2.45) is 0 Å². The lowest BCUT2D eigenvalue weighted by Gasteiger charge is -2.36. The number of ether oxygens (including phenoxy) is 1. The van der Waals surface area contributed by atoms with Crippen LogP contribution in [0.3, 0.4) is 0 Å². The summed E-state index contributed by atoms with van der Waals surface area (Å²) in [6.07, 6.45) is 4.78. The van der Waals surface area contributed by atoms with Crippen LogP contribution in [0.5, 0.6) is 0 Å². The Morgan fingerprint density at radius 3 is 2.35 bits per heavy atom. The highest BCUT2D eigenvalue weighted by atomic mass is 32.2. The number of carbonyl (C=O) groups excluding carboxylic acids is 3. The molecule has 0 saturated carbocycles. The van der Waals surface area contributed by atoms with Gasteiger partial charge in [0.1, 0.15) is 4.32 Å². The number of thiocarbonyl (C=S) groups is 1. The Morgan fingerprint density at radius 2 is 1.68 bits per heavy atom. The second-order valence-corrected chi connectivity index (χ2v) is 10.6. The summed E-state index contributed by atoms with van der Waals surface area (Å²) >= 11 is 6.72. The van der Waals surface area contributed by atoms with E-state index in [9.17, 15) is 14.4 Å². The van der Waals surface area contributed by atoms with Gasteiger partial charge in [-0.05, 0) is 48.7 Å². The Hall–Kier alpha value is -3.17. The summed E-state index contributed by atoms with van der Waals surface area (Å²) in [6, 6.07) is 17.2. The van der Waals surface area contributed by atoms with Gasteiger partial charge < -0.3 is 14.5 Å². The normalized spacial score (nSPS) is 17.0. The SMILES string of the molecule is COC(=O)c1ccc(/C=C2\SC(=S)N(CCCCCC(=O)N3CCN(c4ccccc4)CC3)C2=O)cc1.